The average Bonchev–Trinajstić information content (AvgIpc) is 1.64. The molecule has 0 saturated heterocycles. The molecule has 0 unspecified atom stereocenters. The molecular weight excluding hydrogens is 1970 g/mol. The van der Waals surface area contributed by atoms with Gasteiger partial charge in [0, 0.05) is 115 Å². The van der Waals surface area contributed by atoms with Crippen molar-refractivity contribution in [1.82, 2.24) is 99.3 Å². The maximum atomic E-state index is 13.9. The van der Waals surface area contributed by atoms with Crippen LogP contribution in [0.2, 0.25) is 0 Å². The summed E-state index contributed by atoms with van der Waals surface area (Å²) in [5, 5.41) is 13.8. The Hall–Kier alpha value is -8.04. The van der Waals surface area contributed by atoms with E-state index in [1.165, 1.54) is 22.3 Å². The number of nitrogens with zero attached hydrogens (tertiary/aromatic N) is 16. The van der Waals surface area contributed by atoms with Gasteiger partial charge in [-0.05, 0) is 277 Å². The zero-order valence-corrected chi connectivity index (χ0v) is 76.5. The largest absolute Gasteiger partial charge is 0.493 e. The fourth-order valence-electron chi connectivity index (χ4n) is 14.5. The fraction of sp³-hybridized carbons (Fsp3) is 0.463. The highest BCUT2D eigenvalue weighted by molar-refractivity contribution is 14.1. The number of nitrogen functional groups attached to an aromatic ring is 4. The van der Waals surface area contributed by atoms with Gasteiger partial charge in [-0.1, -0.05) is 27.7 Å². The molecule has 0 atom stereocenters. The number of anilines is 4. The van der Waals surface area contributed by atoms with Gasteiger partial charge >= 0.3 is 24.3 Å². The van der Waals surface area contributed by atoms with Crippen molar-refractivity contribution >= 4 is 158 Å². The van der Waals surface area contributed by atoms with E-state index in [-0.39, 0.29) is 34.3 Å². The van der Waals surface area contributed by atoms with Crippen LogP contribution in [0.1, 0.15) is 163 Å². The normalized spacial score (nSPS) is 13.5. The Morgan fingerprint density at radius 1 is 0.381 bits per heavy atom. The number of aromatic nitrogens is 16. The second kappa shape index (κ2) is 38.4. The van der Waals surface area contributed by atoms with Crippen molar-refractivity contribution in [3.8, 4) is 23.0 Å². The zero-order chi connectivity index (χ0) is 84.0. The molecule has 28 nitrogen and oxygen atoms in total. The summed E-state index contributed by atoms with van der Waals surface area (Å²) < 4.78 is 90.9. The third-order valence-corrected chi connectivity index (χ3v) is 24.2. The van der Waals surface area contributed by atoms with Crippen molar-refractivity contribution in [2.24, 2.45) is 0 Å². The number of aryl methyl sites for hydroxylation is 4. The number of hydrogen-bond donors (Lipinski definition) is 8. The zero-order valence-electron chi connectivity index (χ0n) is 67.9. The van der Waals surface area contributed by atoms with Gasteiger partial charge in [0.15, 0.2) is 67.9 Å². The lowest BCUT2D eigenvalue weighted by molar-refractivity contribution is 0.356. The van der Waals surface area contributed by atoms with Crippen molar-refractivity contribution < 1.29 is 36.5 Å². The van der Waals surface area contributed by atoms with Gasteiger partial charge < -0.3 is 81.4 Å². The van der Waals surface area contributed by atoms with Crippen LogP contribution in [0, 0.1) is 38.6 Å². The Morgan fingerprint density at radius 2 is 0.636 bits per heavy atom. The first-order valence-corrected chi connectivity index (χ1v) is 44.0. The molecule has 0 spiro atoms. The Labute approximate surface area is 736 Å². The Kier molecular flexibility index (Phi) is 28.5. The molecule has 4 aliphatic heterocycles. The maximum Gasteiger partial charge on any atom is 0.312 e. The van der Waals surface area contributed by atoms with Gasteiger partial charge in [-0.2, -0.15) is 57.4 Å². The number of nitrogens with two attached hydrogens (primary N) is 4. The molecule has 12 heterocycles. The van der Waals surface area contributed by atoms with E-state index in [0.29, 0.717) is 109 Å². The summed E-state index contributed by atoms with van der Waals surface area (Å²) in [5.74, 6) is 7.21. The van der Waals surface area contributed by atoms with Crippen LogP contribution in [0.25, 0.3) is 44.7 Å². The summed E-state index contributed by atoms with van der Waals surface area (Å²) in [6.45, 7) is 30.1. The first kappa shape index (κ1) is 87.8. The SMILES string of the molecule is CC(C)(C)NCCCn1c(Cc2cc3c(cc2[124I])CCO3)nc2c(N)nc(F)nc21.CC(C)(C)NCCCn1c(Cc2cc3c(cc2[131I])CCO3)nc2c(N)nc(F)nc21.CC(C)NCCCn1c(Cc2cc3c(cc2[124I])CCO3)nc2c(N)nc(F)nc21.CC(C)NCCCn1c(Cc2cc3c(cc2[131I])CCO3)nc2c(N)nc(F)nc21. The molecule has 4 aliphatic rings. The third-order valence-electron chi connectivity index (χ3n) is 20.2. The minimum Gasteiger partial charge on any atom is -0.493 e. The van der Waals surface area contributed by atoms with E-state index in [4.69, 9.17) is 51.9 Å². The number of ether oxygens (including phenoxy) is 4. The van der Waals surface area contributed by atoms with Gasteiger partial charge in [-0.3, -0.25) is 0 Å². The van der Waals surface area contributed by atoms with E-state index in [9.17, 15) is 17.6 Å². The molecule has 0 fully saturated rings. The topological polar surface area (TPSA) is 364 Å². The fourth-order valence-corrected chi connectivity index (χ4v) is 17.4. The molecule has 16 rings (SSSR count). The highest BCUT2D eigenvalue weighted by atomic mass is 131. The van der Waals surface area contributed by atoms with Crippen LogP contribution in [0.5, 0.6) is 23.0 Å². The maximum absolute atomic E-state index is 13.9. The summed E-state index contributed by atoms with van der Waals surface area (Å²) in [7, 11) is 0. The van der Waals surface area contributed by atoms with Gasteiger partial charge in [0.25, 0.3) is 0 Å². The Balaban J connectivity index is 0.000000136. The molecule has 0 radical (unpaired) electrons. The van der Waals surface area contributed by atoms with E-state index in [1.807, 2.05) is 18.3 Å². The summed E-state index contributed by atoms with van der Waals surface area (Å²) in [5.41, 5.74) is 36.8. The lowest BCUT2D eigenvalue weighted by Crippen LogP contribution is -2.36. The first-order chi connectivity index (χ1) is 56.3. The van der Waals surface area contributed by atoms with E-state index < -0.39 is 24.3 Å². The highest BCUT2D eigenvalue weighted by Gasteiger charge is 2.28. The predicted molar refractivity (Wildman–Crippen MR) is 484 cm³/mol. The minimum atomic E-state index is -0.832. The van der Waals surface area contributed by atoms with Gasteiger partial charge in [0.05, 0.1) is 26.4 Å². The van der Waals surface area contributed by atoms with Gasteiger partial charge in [-0.15, -0.1) is 0 Å². The molecule has 0 aliphatic carbocycles. The summed E-state index contributed by atoms with van der Waals surface area (Å²) in [6.07, 6.45) is 6.22. The van der Waals surface area contributed by atoms with E-state index in [2.05, 4.69) is 279 Å². The van der Waals surface area contributed by atoms with Crippen LogP contribution in [-0.4, -0.2) is 154 Å². The van der Waals surface area contributed by atoms with Crippen LogP contribution < -0.4 is 63.1 Å². The minimum absolute atomic E-state index is 0.0407. The number of hydrogen-bond acceptors (Lipinski definition) is 24. The monoisotopic (exact) mass is 2070 g/mol. The van der Waals surface area contributed by atoms with Crippen molar-refractivity contribution in [2.45, 2.75) is 196 Å². The number of nitrogens with one attached hydrogen (secondary N) is 4. The van der Waals surface area contributed by atoms with Crippen LogP contribution in [0.15, 0.2) is 48.5 Å². The molecule has 0 saturated carbocycles. The molecule has 118 heavy (non-hydrogen) atoms. The molecule has 628 valence electrons. The number of fused-ring (bicyclic) bond motifs is 8. The van der Waals surface area contributed by atoms with E-state index in [1.54, 1.807) is 0 Å². The molecular formula is C82H100F4I4N24O4. The summed E-state index contributed by atoms with van der Waals surface area (Å²) in [4.78, 5) is 49.3. The standard InChI is InChI=1S/2C21H26FIN6O.2C20H24FIN6O/c2*1-21(2,3)25-6-4-7-29-16(26-17-18(24)27-20(22)28-19(17)29)11-13-10-15-12(5-8-30-15)9-14(13)23;2*1-11(2)24-5-3-6-28-16(25-17-18(23)26-20(21)27-19(17)28)10-13-9-15-12(4-7-29-15)8-14(13)22/h2*9-10,25H,4-8,11H2,1-3H3,(H2,24,27,28);2*8-9,11,24H,3-7,10H2,1-2H3,(H2,23,26,27)/i23+4;23-3;22+4;22-3. The molecule has 36 heteroatoms. The molecule has 12 N–H and O–H groups in total. The summed E-state index contributed by atoms with van der Waals surface area (Å²) in [6, 6.07) is 17.9. The van der Waals surface area contributed by atoms with Crippen molar-refractivity contribution in [1.29, 1.82) is 0 Å². The first-order valence-electron chi connectivity index (χ1n) is 39.7. The number of halogens is 8. The van der Waals surface area contributed by atoms with Gasteiger partial charge in [0.2, 0.25) is 0 Å². The van der Waals surface area contributed by atoms with Gasteiger partial charge in [0.1, 0.15) is 46.3 Å². The second-order valence-electron chi connectivity index (χ2n) is 32.2. The third kappa shape index (κ3) is 21.8. The number of imidazole rings is 4. The van der Waals surface area contributed by atoms with Gasteiger partial charge in [-0.25, -0.2) is 19.9 Å². The number of rotatable bonds is 26. The number of benzene rings is 4. The molecule has 4 aromatic carbocycles. The smallest absolute Gasteiger partial charge is 0.312 e. The van der Waals surface area contributed by atoms with E-state index in [0.717, 1.165) is 187 Å². The Bertz CT molecular complexity index is 5310. The molecule has 0 bridgehead atoms. The van der Waals surface area contributed by atoms with E-state index >= 15 is 0 Å². The lowest BCUT2D eigenvalue weighted by Gasteiger charge is -2.20. The highest BCUT2D eigenvalue weighted by Crippen LogP contribution is 2.37. The predicted octanol–water partition coefficient (Wildman–Crippen LogP) is 13.0. The van der Waals surface area contributed by atoms with Crippen LogP contribution >= 0.6 is 90.4 Å². The van der Waals surface area contributed by atoms with Crippen LogP contribution in [0.3, 0.4) is 0 Å². The Morgan fingerprint density at radius 3 is 0.907 bits per heavy atom. The quantitative estimate of drug-likeness (QED) is 0.0108. The van der Waals surface area contributed by atoms with Crippen molar-refractivity contribution in [3.63, 3.8) is 0 Å². The summed E-state index contributed by atoms with van der Waals surface area (Å²) >= 11 is 9.40. The molecule has 12 aromatic rings. The molecule has 8 aromatic heterocycles. The lowest BCUT2D eigenvalue weighted by atomic mass is 10.1. The molecule has 0 amide bonds. The van der Waals surface area contributed by atoms with Crippen LogP contribution in [0.4, 0.5) is 40.8 Å². The second-order valence-corrected chi connectivity index (χ2v) is 36.9. The van der Waals surface area contributed by atoms with Crippen molar-refractivity contribution in [3.05, 3.63) is 155 Å². The average molecular weight is 2070 g/mol. The van der Waals surface area contributed by atoms with Crippen molar-refractivity contribution in [2.75, 3.05) is 75.5 Å². The van der Waals surface area contributed by atoms with Crippen LogP contribution in [-0.2, 0) is 77.5 Å².